The number of carbonyl (C=O) groups excluding carboxylic acids is 1. The molecule has 30 heavy (non-hydrogen) atoms. The molecule has 0 bridgehead atoms. The molecule has 0 heterocycles. The maximum Gasteiger partial charge on any atom is 0.262 e. The normalized spacial score (nSPS) is 11.0. The summed E-state index contributed by atoms with van der Waals surface area (Å²) in [4.78, 5) is 13.1. The van der Waals surface area contributed by atoms with Crippen molar-refractivity contribution in [2.24, 2.45) is 0 Å². The second-order valence-electron chi connectivity index (χ2n) is 6.10. The van der Waals surface area contributed by atoms with Crippen LogP contribution in [-0.4, -0.2) is 27.2 Å². The SMILES string of the molecule is CSc1ccccc1NC(=O)COc1ccc(S(=O)(=O)Nc2ccccc2)cc1Cl. The number of anilines is 2. The monoisotopic (exact) mass is 462 g/mol. The minimum Gasteiger partial charge on any atom is -0.482 e. The number of carbonyl (C=O) groups is 1. The van der Waals surface area contributed by atoms with Crippen LogP contribution in [0.4, 0.5) is 11.4 Å². The molecule has 0 aromatic heterocycles. The molecular weight excluding hydrogens is 444 g/mol. The average Bonchev–Trinajstić information content (AvgIpc) is 2.73. The van der Waals surface area contributed by atoms with Crippen LogP contribution in [0.15, 0.2) is 82.6 Å². The number of halogens is 1. The first-order valence-electron chi connectivity index (χ1n) is 8.82. The van der Waals surface area contributed by atoms with Gasteiger partial charge in [-0.05, 0) is 48.7 Å². The quantitative estimate of drug-likeness (QED) is 0.466. The third-order valence-electron chi connectivity index (χ3n) is 3.98. The van der Waals surface area contributed by atoms with Crippen LogP contribution in [0.1, 0.15) is 0 Å². The van der Waals surface area contributed by atoms with Crippen molar-refractivity contribution in [1.29, 1.82) is 0 Å². The van der Waals surface area contributed by atoms with Crippen LogP contribution in [0, 0.1) is 0 Å². The summed E-state index contributed by atoms with van der Waals surface area (Å²) in [6, 6.07) is 20.0. The maximum absolute atomic E-state index is 12.5. The highest BCUT2D eigenvalue weighted by atomic mass is 35.5. The van der Waals surface area contributed by atoms with Crippen LogP contribution < -0.4 is 14.8 Å². The molecule has 0 aliphatic heterocycles. The lowest BCUT2D eigenvalue weighted by molar-refractivity contribution is -0.118. The highest BCUT2D eigenvalue weighted by molar-refractivity contribution is 7.98. The van der Waals surface area contributed by atoms with E-state index in [0.717, 1.165) is 4.90 Å². The van der Waals surface area contributed by atoms with E-state index in [4.69, 9.17) is 16.3 Å². The van der Waals surface area contributed by atoms with Gasteiger partial charge >= 0.3 is 0 Å². The van der Waals surface area contributed by atoms with E-state index in [1.54, 1.807) is 36.4 Å². The molecule has 3 aromatic carbocycles. The van der Waals surface area contributed by atoms with Gasteiger partial charge in [-0.15, -0.1) is 11.8 Å². The molecule has 156 valence electrons. The fraction of sp³-hybridized carbons (Fsp3) is 0.0952. The number of amides is 1. The highest BCUT2D eigenvalue weighted by Crippen LogP contribution is 2.29. The van der Waals surface area contributed by atoms with Crippen molar-refractivity contribution in [3.63, 3.8) is 0 Å². The van der Waals surface area contributed by atoms with E-state index in [2.05, 4.69) is 10.0 Å². The van der Waals surface area contributed by atoms with E-state index in [1.165, 1.54) is 30.0 Å². The number of hydrogen-bond acceptors (Lipinski definition) is 5. The Hall–Kier alpha value is -2.68. The van der Waals surface area contributed by atoms with Crippen LogP contribution in [0.3, 0.4) is 0 Å². The Balaban J connectivity index is 1.65. The molecule has 0 saturated carbocycles. The third kappa shape index (κ3) is 5.69. The van der Waals surface area contributed by atoms with E-state index < -0.39 is 10.0 Å². The van der Waals surface area contributed by atoms with E-state index in [1.807, 2.05) is 24.5 Å². The number of benzene rings is 3. The van der Waals surface area contributed by atoms with Crippen LogP contribution in [0.25, 0.3) is 0 Å². The lowest BCUT2D eigenvalue weighted by Gasteiger charge is -2.12. The molecule has 0 atom stereocenters. The largest absolute Gasteiger partial charge is 0.482 e. The summed E-state index contributed by atoms with van der Waals surface area (Å²) in [5.74, 6) is -0.140. The van der Waals surface area contributed by atoms with E-state index in [9.17, 15) is 13.2 Å². The topological polar surface area (TPSA) is 84.5 Å². The molecule has 0 radical (unpaired) electrons. The standard InChI is InChI=1S/C21H19ClN2O4S2/c1-29-20-10-6-5-9-18(20)23-21(25)14-28-19-12-11-16(13-17(19)22)30(26,27)24-15-7-3-2-4-8-15/h2-13,24H,14H2,1H3,(H,23,25). The molecule has 0 unspecified atom stereocenters. The first-order valence-corrected chi connectivity index (χ1v) is 11.9. The first kappa shape index (κ1) is 22.0. The summed E-state index contributed by atoms with van der Waals surface area (Å²) in [5.41, 5.74) is 1.13. The number of sulfonamides is 1. The second-order valence-corrected chi connectivity index (χ2v) is 9.04. The Morgan fingerprint density at radius 3 is 2.43 bits per heavy atom. The number of para-hydroxylation sites is 2. The van der Waals surface area contributed by atoms with Gasteiger partial charge in [-0.25, -0.2) is 8.42 Å². The molecule has 1 amide bonds. The van der Waals surface area contributed by atoms with Gasteiger partial charge in [0.25, 0.3) is 15.9 Å². The molecule has 6 nitrogen and oxygen atoms in total. The van der Waals surface area contributed by atoms with Crippen LogP contribution in [-0.2, 0) is 14.8 Å². The third-order valence-corrected chi connectivity index (χ3v) is 6.45. The minimum atomic E-state index is -3.80. The van der Waals surface area contributed by atoms with E-state index in [0.29, 0.717) is 11.4 Å². The number of rotatable bonds is 8. The van der Waals surface area contributed by atoms with Crippen molar-refractivity contribution in [2.75, 3.05) is 22.9 Å². The molecule has 3 aromatic rings. The van der Waals surface area contributed by atoms with Crippen LogP contribution in [0.2, 0.25) is 5.02 Å². The van der Waals surface area contributed by atoms with Crippen LogP contribution >= 0.6 is 23.4 Å². The molecule has 0 aliphatic carbocycles. The second kappa shape index (κ2) is 9.88. The zero-order valence-electron chi connectivity index (χ0n) is 16.0. The van der Waals surface area contributed by atoms with Crippen molar-refractivity contribution < 1.29 is 17.9 Å². The summed E-state index contributed by atoms with van der Waals surface area (Å²) < 4.78 is 33.0. The Bertz CT molecular complexity index is 1140. The summed E-state index contributed by atoms with van der Waals surface area (Å²) >= 11 is 7.70. The van der Waals surface area contributed by atoms with Crippen LogP contribution in [0.5, 0.6) is 5.75 Å². The molecule has 2 N–H and O–H groups in total. The molecule has 9 heteroatoms. The van der Waals surface area contributed by atoms with Crippen molar-refractivity contribution in [3.8, 4) is 5.75 Å². The van der Waals surface area contributed by atoms with Crippen molar-refractivity contribution in [1.82, 2.24) is 0 Å². The van der Waals surface area contributed by atoms with Gasteiger partial charge in [-0.2, -0.15) is 0 Å². The van der Waals surface area contributed by atoms with E-state index >= 15 is 0 Å². The van der Waals surface area contributed by atoms with Gasteiger partial charge in [0.05, 0.1) is 15.6 Å². The van der Waals surface area contributed by atoms with Crippen molar-refractivity contribution in [3.05, 3.63) is 77.8 Å². The Morgan fingerprint density at radius 1 is 1.03 bits per heavy atom. The van der Waals surface area contributed by atoms with Gasteiger partial charge in [-0.3, -0.25) is 9.52 Å². The smallest absolute Gasteiger partial charge is 0.262 e. The van der Waals surface area contributed by atoms with Crippen molar-refractivity contribution >= 4 is 50.7 Å². The summed E-state index contributed by atoms with van der Waals surface area (Å²) in [5, 5.41) is 2.87. The summed E-state index contributed by atoms with van der Waals surface area (Å²) in [6.45, 7) is -0.267. The number of ether oxygens (including phenoxy) is 1. The molecule has 0 aliphatic rings. The molecule has 3 rings (SSSR count). The minimum absolute atomic E-state index is 0.0120. The Morgan fingerprint density at radius 2 is 1.73 bits per heavy atom. The van der Waals surface area contributed by atoms with Gasteiger partial charge in [0.2, 0.25) is 0 Å². The fourth-order valence-corrected chi connectivity index (χ4v) is 4.50. The van der Waals surface area contributed by atoms with Gasteiger partial charge in [-0.1, -0.05) is 41.9 Å². The lowest BCUT2D eigenvalue weighted by atomic mass is 10.3. The predicted octanol–water partition coefficient (Wildman–Crippen LogP) is 4.88. The van der Waals surface area contributed by atoms with E-state index in [-0.39, 0.29) is 28.2 Å². The summed E-state index contributed by atoms with van der Waals surface area (Å²) in [6.07, 6.45) is 1.92. The van der Waals surface area contributed by atoms with Crippen molar-refractivity contribution in [2.45, 2.75) is 9.79 Å². The zero-order chi connectivity index (χ0) is 21.6. The zero-order valence-corrected chi connectivity index (χ0v) is 18.4. The fourth-order valence-electron chi connectivity index (χ4n) is 2.56. The Kier molecular flexibility index (Phi) is 7.25. The number of nitrogens with one attached hydrogen (secondary N) is 2. The van der Waals surface area contributed by atoms with Gasteiger partial charge in [0.15, 0.2) is 6.61 Å². The molecule has 0 fully saturated rings. The number of hydrogen-bond donors (Lipinski definition) is 2. The molecule has 0 spiro atoms. The van der Waals surface area contributed by atoms with Gasteiger partial charge in [0, 0.05) is 10.6 Å². The first-order chi connectivity index (χ1) is 14.4. The van der Waals surface area contributed by atoms with Gasteiger partial charge in [0.1, 0.15) is 5.75 Å². The van der Waals surface area contributed by atoms with Gasteiger partial charge < -0.3 is 10.1 Å². The predicted molar refractivity (Wildman–Crippen MR) is 121 cm³/mol. The Labute approximate surface area is 184 Å². The molecule has 0 saturated heterocycles. The number of thioether (sulfide) groups is 1. The lowest BCUT2D eigenvalue weighted by Crippen LogP contribution is -2.20. The average molecular weight is 463 g/mol. The highest BCUT2D eigenvalue weighted by Gasteiger charge is 2.17. The summed E-state index contributed by atoms with van der Waals surface area (Å²) in [7, 11) is -3.80. The molecular formula is C21H19ClN2O4S2. The maximum atomic E-state index is 12.5.